The first-order valence-corrected chi connectivity index (χ1v) is 13.5. The highest BCUT2D eigenvalue weighted by Gasteiger charge is 2.38. The zero-order chi connectivity index (χ0) is 28.4. The third-order valence-corrected chi connectivity index (χ3v) is 7.99. The molecule has 1 aromatic heterocycles. The van der Waals surface area contributed by atoms with Gasteiger partial charge in [0.15, 0.2) is 11.4 Å². The number of halogens is 2. The van der Waals surface area contributed by atoms with Crippen molar-refractivity contribution in [3.63, 3.8) is 0 Å². The van der Waals surface area contributed by atoms with Gasteiger partial charge in [-0.3, -0.25) is 9.59 Å². The number of hydrogen-bond acceptors (Lipinski definition) is 7. The molecule has 3 aromatic rings. The van der Waals surface area contributed by atoms with Crippen molar-refractivity contribution in [3.8, 4) is 0 Å². The standard InChI is InChI=1S/C29H33F2N3O6/c1-16-3-7-19(30)14-22(16)33-29-32-21-10-6-18(26(31)27(21)40-29)13-25(35)34-12-11-24(38-2)23(34)15-39-20-8-4-17(5-9-20)28(36)37/h3,6-7,10,14,17,20,23-24H,4-5,8-9,11-13,15H2,1-2H3,(H,32,33)(H,36,37)/t17?,20?,23-,24-/m1/s1. The average molecular weight is 558 g/mol. The van der Waals surface area contributed by atoms with Crippen molar-refractivity contribution in [2.45, 2.75) is 63.7 Å². The number of methoxy groups -OCH3 is 1. The van der Waals surface area contributed by atoms with Crippen LogP contribution in [0, 0.1) is 24.5 Å². The first-order chi connectivity index (χ1) is 19.2. The number of anilines is 2. The van der Waals surface area contributed by atoms with E-state index in [1.165, 1.54) is 18.2 Å². The summed E-state index contributed by atoms with van der Waals surface area (Å²) < 4.78 is 46.4. The third kappa shape index (κ3) is 5.95. The van der Waals surface area contributed by atoms with Crippen molar-refractivity contribution in [3.05, 3.63) is 53.1 Å². The highest BCUT2D eigenvalue weighted by Crippen LogP contribution is 2.30. The lowest BCUT2D eigenvalue weighted by Crippen LogP contribution is -2.45. The van der Waals surface area contributed by atoms with E-state index < -0.39 is 17.6 Å². The van der Waals surface area contributed by atoms with E-state index in [9.17, 15) is 19.1 Å². The number of aliphatic carboxylic acids is 1. The van der Waals surface area contributed by atoms with Gasteiger partial charge in [0.1, 0.15) is 11.3 Å². The van der Waals surface area contributed by atoms with Crippen molar-refractivity contribution < 1.29 is 37.4 Å². The van der Waals surface area contributed by atoms with Crippen LogP contribution in [0.1, 0.15) is 43.2 Å². The molecule has 1 amide bonds. The Morgan fingerprint density at radius 2 is 1.93 bits per heavy atom. The number of likely N-dealkylation sites (tertiary alicyclic amines) is 1. The molecule has 1 aliphatic carbocycles. The van der Waals surface area contributed by atoms with Gasteiger partial charge >= 0.3 is 5.97 Å². The van der Waals surface area contributed by atoms with Gasteiger partial charge in [-0.1, -0.05) is 12.1 Å². The molecule has 2 aliphatic rings. The number of carbonyl (C=O) groups excluding carboxylic acids is 1. The van der Waals surface area contributed by atoms with Crippen LogP contribution in [-0.2, 0) is 25.5 Å². The molecule has 214 valence electrons. The van der Waals surface area contributed by atoms with Crippen LogP contribution >= 0.6 is 0 Å². The van der Waals surface area contributed by atoms with Crippen LogP contribution in [0.25, 0.3) is 11.1 Å². The molecule has 2 aromatic carbocycles. The second kappa shape index (κ2) is 11.9. The lowest BCUT2D eigenvalue weighted by Gasteiger charge is -2.31. The number of oxazole rings is 1. The van der Waals surface area contributed by atoms with E-state index in [2.05, 4.69) is 10.3 Å². The number of nitrogens with one attached hydrogen (secondary N) is 1. The van der Waals surface area contributed by atoms with Crippen LogP contribution in [0.2, 0.25) is 0 Å². The summed E-state index contributed by atoms with van der Waals surface area (Å²) in [5, 5.41) is 12.1. The van der Waals surface area contributed by atoms with Gasteiger partial charge in [0.05, 0.1) is 37.2 Å². The van der Waals surface area contributed by atoms with Crippen LogP contribution in [0.15, 0.2) is 34.7 Å². The molecule has 0 radical (unpaired) electrons. The summed E-state index contributed by atoms with van der Waals surface area (Å²) in [5.41, 5.74) is 1.58. The number of amides is 1. The number of rotatable bonds is 9. The molecule has 5 rings (SSSR count). The number of ether oxygens (including phenoxy) is 2. The van der Waals surface area contributed by atoms with Crippen molar-refractivity contribution in [2.24, 2.45) is 5.92 Å². The van der Waals surface area contributed by atoms with Gasteiger partial charge in [-0.15, -0.1) is 0 Å². The summed E-state index contributed by atoms with van der Waals surface area (Å²) >= 11 is 0. The van der Waals surface area contributed by atoms with E-state index in [0.717, 1.165) is 5.56 Å². The van der Waals surface area contributed by atoms with Crippen molar-refractivity contribution in [1.82, 2.24) is 9.88 Å². The molecule has 2 atom stereocenters. The number of carbonyl (C=O) groups is 2. The Morgan fingerprint density at radius 3 is 2.65 bits per heavy atom. The number of aryl methyl sites for hydroxylation is 1. The van der Waals surface area contributed by atoms with Crippen LogP contribution in [0.5, 0.6) is 0 Å². The molecule has 2 fully saturated rings. The van der Waals surface area contributed by atoms with Gasteiger partial charge in [0.25, 0.3) is 6.01 Å². The molecule has 2 heterocycles. The van der Waals surface area contributed by atoms with E-state index in [4.69, 9.17) is 13.9 Å². The smallest absolute Gasteiger partial charge is 0.306 e. The molecule has 2 N–H and O–H groups in total. The Bertz CT molecular complexity index is 1390. The van der Waals surface area contributed by atoms with Gasteiger partial charge in [0, 0.05) is 24.9 Å². The first-order valence-electron chi connectivity index (χ1n) is 13.5. The number of hydrogen-bond donors (Lipinski definition) is 2. The summed E-state index contributed by atoms with van der Waals surface area (Å²) in [6.45, 7) is 2.53. The number of fused-ring (bicyclic) bond motifs is 1. The minimum atomic E-state index is -0.768. The number of benzene rings is 2. The molecular formula is C29H33F2N3O6. The summed E-state index contributed by atoms with van der Waals surface area (Å²) in [7, 11) is 1.60. The summed E-state index contributed by atoms with van der Waals surface area (Å²) in [6, 6.07) is 7.05. The second-order valence-corrected chi connectivity index (χ2v) is 10.5. The number of nitrogens with zero attached hydrogens (tertiary/aromatic N) is 2. The molecular weight excluding hydrogens is 524 g/mol. The SMILES string of the molecule is CO[C@@H]1CCN(C(=O)Cc2ccc3nc(Nc4cc(F)ccc4C)oc3c2F)[C@@H]1COC1CCC(C(=O)O)CC1. The van der Waals surface area contributed by atoms with Crippen LogP contribution in [-0.4, -0.2) is 65.4 Å². The molecule has 0 bridgehead atoms. The topological polar surface area (TPSA) is 114 Å². The van der Waals surface area contributed by atoms with Gasteiger partial charge < -0.3 is 29.2 Å². The molecule has 0 spiro atoms. The van der Waals surface area contributed by atoms with Crippen LogP contribution in [0.4, 0.5) is 20.5 Å². The maximum Gasteiger partial charge on any atom is 0.306 e. The molecule has 1 saturated heterocycles. The van der Waals surface area contributed by atoms with Gasteiger partial charge in [0.2, 0.25) is 5.91 Å². The van der Waals surface area contributed by atoms with Gasteiger partial charge in [-0.05, 0) is 62.8 Å². The maximum absolute atomic E-state index is 15.4. The zero-order valence-corrected chi connectivity index (χ0v) is 22.5. The molecule has 40 heavy (non-hydrogen) atoms. The normalized spacial score (nSPS) is 23.1. The van der Waals surface area contributed by atoms with Crippen LogP contribution < -0.4 is 5.32 Å². The van der Waals surface area contributed by atoms with Crippen molar-refractivity contribution in [2.75, 3.05) is 25.6 Å². The Balaban J connectivity index is 1.25. The minimum absolute atomic E-state index is 0.0168. The predicted molar refractivity (Wildman–Crippen MR) is 142 cm³/mol. The Hall–Kier alpha value is -3.57. The fourth-order valence-corrected chi connectivity index (χ4v) is 5.62. The zero-order valence-electron chi connectivity index (χ0n) is 22.5. The van der Waals surface area contributed by atoms with E-state index in [0.29, 0.717) is 44.3 Å². The lowest BCUT2D eigenvalue weighted by atomic mass is 9.87. The van der Waals surface area contributed by atoms with E-state index in [-0.39, 0.29) is 65.8 Å². The van der Waals surface area contributed by atoms with E-state index >= 15 is 4.39 Å². The lowest BCUT2D eigenvalue weighted by molar-refractivity contribution is -0.144. The highest BCUT2D eigenvalue weighted by atomic mass is 19.1. The molecule has 1 saturated carbocycles. The third-order valence-electron chi connectivity index (χ3n) is 7.99. The van der Waals surface area contributed by atoms with E-state index in [1.807, 2.05) is 0 Å². The maximum atomic E-state index is 15.4. The summed E-state index contributed by atoms with van der Waals surface area (Å²) in [6.07, 6.45) is 2.66. The number of carboxylic acids is 1. The van der Waals surface area contributed by atoms with Crippen molar-refractivity contribution in [1.29, 1.82) is 0 Å². The second-order valence-electron chi connectivity index (χ2n) is 10.5. The van der Waals surface area contributed by atoms with Crippen LogP contribution in [0.3, 0.4) is 0 Å². The molecule has 0 unspecified atom stereocenters. The van der Waals surface area contributed by atoms with E-state index in [1.54, 1.807) is 31.1 Å². The largest absolute Gasteiger partial charge is 0.481 e. The summed E-state index contributed by atoms with van der Waals surface area (Å²) in [5.74, 6) is -2.45. The molecule has 11 heteroatoms. The fraction of sp³-hybridized carbons (Fsp3) is 0.483. The Labute approximate surface area is 230 Å². The minimum Gasteiger partial charge on any atom is -0.481 e. The predicted octanol–water partition coefficient (Wildman–Crippen LogP) is 4.98. The van der Waals surface area contributed by atoms with Gasteiger partial charge in [-0.2, -0.15) is 4.98 Å². The fourth-order valence-electron chi connectivity index (χ4n) is 5.62. The number of carboxylic acid groups (broad SMARTS) is 1. The number of aromatic nitrogens is 1. The molecule has 1 aliphatic heterocycles. The molecule has 9 nitrogen and oxygen atoms in total. The quantitative estimate of drug-likeness (QED) is 0.379. The van der Waals surface area contributed by atoms with Crippen molar-refractivity contribution >= 4 is 34.7 Å². The monoisotopic (exact) mass is 557 g/mol. The Kier molecular flexibility index (Phi) is 8.32. The first kappa shape index (κ1) is 28.0. The Morgan fingerprint density at radius 1 is 1.15 bits per heavy atom. The average Bonchev–Trinajstić information content (AvgIpc) is 3.55. The highest BCUT2D eigenvalue weighted by molar-refractivity contribution is 5.83. The van der Waals surface area contributed by atoms with Gasteiger partial charge in [-0.25, -0.2) is 8.78 Å². The summed E-state index contributed by atoms with van der Waals surface area (Å²) in [4.78, 5) is 30.5.